The quantitative estimate of drug-likeness (QED) is 0.802. The number of benzene rings is 1. The Labute approximate surface area is 132 Å². The first-order chi connectivity index (χ1) is 10.6. The first-order valence-corrected chi connectivity index (χ1v) is 7.03. The van der Waals surface area contributed by atoms with Crippen molar-refractivity contribution < 1.29 is 27.5 Å². The minimum absolute atomic E-state index is 0.118. The SMILES string of the molecule is CCC(C)C(NC(=O)COc1ccc(C(F)(F)F)cc1)C(N)=O. The number of ether oxygens (including phenoxy) is 1. The molecule has 0 bridgehead atoms. The molecule has 2 atom stereocenters. The van der Waals surface area contributed by atoms with Crippen LogP contribution in [0.15, 0.2) is 24.3 Å². The molecule has 128 valence electrons. The van der Waals surface area contributed by atoms with Gasteiger partial charge in [0.2, 0.25) is 5.91 Å². The Bertz CT molecular complexity index is 544. The fourth-order valence-electron chi connectivity index (χ4n) is 1.83. The third kappa shape index (κ3) is 5.80. The first kappa shape index (κ1) is 18.8. The zero-order valence-electron chi connectivity index (χ0n) is 12.8. The smallest absolute Gasteiger partial charge is 0.416 e. The van der Waals surface area contributed by atoms with Crippen LogP contribution in [0.3, 0.4) is 0 Å². The summed E-state index contributed by atoms with van der Waals surface area (Å²) >= 11 is 0. The number of carbonyl (C=O) groups excluding carboxylic acids is 2. The molecule has 0 aliphatic carbocycles. The van der Waals surface area contributed by atoms with E-state index in [0.717, 1.165) is 24.3 Å². The summed E-state index contributed by atoms with van der Waals surface area (Å²) in [6, 6.07) is 3.15. The summed E-state index contributed by atoms with van der Waals surface area (Å²) < 4.78 is 42.3. The van der Waals surface area contributed by atoms with Crippen LogP contribution in [-0.2, 0) is 15.8 Å². The molecule has 23 heavy (non-hydrogen) atoms. The molecule has 2 amide bonds. The minimum atomic E-state index is -4.43. The van der Waals surface area contributed by atoms with Crippen LogP contribution in [0, 0.1) is 5.92 Å². The highest BCUT2D eigenvalue weighted by atomic mass is 19.4. The van der Waals surface area contributed by atoms with Crippen LogP contribution in [0.5, 0.6) is 5.75 Å². The van der Waals surface area contributed by atoms with E-state index < -0.39 is 36.2 Å². The number of hydrogen-bond acceptors (Lipinski definition) is 3. The molecule has 1 aromatic carbocycles. The van der Waals surface area contributed by atoms with E-state index in [9.17, 15) is 22.8 Å². The number of nitrogens with two attached hydrogens (primary N) is 1. The van der Waals surface area contributed by atoms with Crippen molar-refractivity contribution in [2.75, 3.05) is 6.61 Å². The van der Waals surface area contributed by atoms with E-state index in [1.54, 1.807) is 6.92 Å². The van der Waals surface area contributed by atoms with Crippen LogP contribution >= 0.6 is 0 Å². The Morgan fingerprint density at radius 2 is 1.83 bits per heavy atom. The Kier molecular flexibility index (Phi) is 6.41. The molecule has 0 heterocycles. The summed E-state index contributed by atoms with van der Waals surface area (Å²) in [5.74, 6) is -1.24. The molecule has 0 aromatic heterocycles. The molecule has 0 radical (unpaired) electrons. The standard InChI is InChI=1S/C15H19F3N2O3/c1-3-9(2)13(14(19)22)20-12(21)8-23-11-6-4-10(5-7-11)15(16,17)18/h4-7,9,13H,3,8H2,1-2H3,(H2,19,22)(H,20,21). The molecule has 0 fully saturated rings. The van der Waals surface area contributed by atoms with Crippen molar-refractivity contribution in [3.8, 4) is 5.75 Å². The van der Waals surface area contributed by atoms with Gasteiger partial charge in [-0.3, -0.25) is 9.59 Å². The number of nitrogens with one attached hydrogen (secondary N) is 1. The topological polar surface area (TPSA) is 81.4 Å². The second-order valence-corrected chi connectivity index (χ2v) is 5.14. The van der Waals surface area contributed by atoms with Gasteiger partial charge in [0.15, 0.2) is 6.61 Å². The summed E-state index contributed by atoms with van der Waals surface area (Å²) in [6.07, 6.45) is -3.78. The van der Waals surface area contributed by atoms with Crippen molar-refractivity contribution in [2.45, 2.75) is 32.5 Å². The highest BCUT2D eigenvalue weighted by Crippen LogP contribution is 2.30. The van der Waals surface area contributed by atoms with Crippen molar-refractivity contribution in [1.29, 1.82) is 0 Å². The van der Waals surface area contributed by atoms with Gasteiger partial charge in [-0.25, -0.2) is 0 Å². The lowest BCUT2D eigenvalue weighted by Gasteiger charge is -2.21. The molecule has 5 nitrogen and oxygen atoms in total. The fourth-order valence-corrected chi connectivity index (χ4v) is 1.83. The van der Waals surface area contributed by atoms with E-state index in [-0.39, 0.29) is 11.7 Å². The Hall–Kier alpha value is -2.25. The highest BCUT2D eigenvalue weighted by Gasteiger charge is 2.30. The molecule has 0 aliphatic heterocycles. The molecule has 1 rings (SSSR count). The van der Waals surface area contributed by atoms with Crippen molar-refractivity contribution in [3.63, 3.8) is 0 Å². The maximum atomic E-state index is 12.4. The zero-order valence-corrected chi connectivity index (χ0v) is 12.8. The molecule has 1 aromatic rings. The van der Waals surface area contributed by atoms with Crippen molar-refractivity contribution >= 4 is 11.8 Å². The molecular formula is C15H19F3N2O3. The van der Waals surface area contributed by atoms with Crippen LogP contribution in [0.25, 0.3) is 0 Å². The molecule has 0 saturated heterocycles. The van der Waals surface area contributed by atoms with Crippen LogP contribution in [0.4, 0.5) is 13.2 Å². The minimum Gasteiger partial charge on any atom is -0.484 e. The van der Waals surface area contributed by atoms with E-state index in [2.05, 4.69) is 5.32 Å². The zero-order chi connectivity index (χ0) is 17.6. The number of halogens is 3. The van der Waals surface area contributed by atoms with Gasteiger partial charge in [-0.05, 0) is 30.2 Å². The van der Waals surface area contributed by atoms with E-state index in [1.807, 2.05) is 6.92 Å². The van der Waals surface area contributed by atoms with Gasteiger partial charge in [-0.1, -0.05) is 20.3 Å². The summed E-state index contributed by atoms with van der Waals surface area (Å²) in [5, 5.41) is 2.45. The molecule has 3 N–H and O–H groups in total. The predicted molar refractivity (Wildman–Crippen MR) is 77.5 cm³/mol. The van der Waals surface area contributed by atoms with Crippen LogP contribution in [0.2, 0.25) is 0 Å². The van der Waals surface area contributed by atoms with Crippen molar-refractivity contribution in [3.05, 3.63) is 29.8 Å². The van der Waals surface area contributed by atoms with Crippen LogP contribution in [-0.4, -0.2) is 24.5 Å². The van der Waals surface area contributed by atoms with E-state index in [0.29, 0.717) is 6.42 Å². The number of alkyl halides is 3. The molecule has 2 unspecified atom stereocenters. The second kappa shape index (κ2) is 7.85. The van der Waals surface area contributed by atoms with Gasteiger partial charge in [-0.2, -0.15) is 13.2 Å². The van der Waals surface area contributed by atoms with Gasteiger partial charge in [0.1, 0.15) is 11.8 Å². The van der Waals surface area contributed by atoms with E-state index in [1.165, 1.54) is 0 Å². The summed E-state index contributed by atoms with van der Waals surface area (Å²) in [7, 11) is 0. The van der Waals surface area contributed by atoms with Gasteiger partial charge in [0.05, 0.1) is 5.56 Å². The summed E-state index contributed by atoms with van der Waals surface area (Å²) in [6.45, 7) is 3.20. The molecule has 0 aliphatic rings. The number of primary amides is 1. The maximum absolute atomic E-state index is 12.4. The van der Waals surface area contributed by atoms with Crippen LogP contribution < -0.4 is 15.8 Å². The van der Waals surface area contributed by atoms with E-state index in [4.69, 9.17) is 10.5 Å². The van der Waals surface area contributed by atoms with E-state index >= 15 is 0 Å². The first-order valence-electron chi connectivity index (χ1n) is 7.03. The second-order valence-electron chi connectivity index (χ2n) is 5.14. The molecule has 0 saturated carbocycles. The average Bonchev–Trinajstić information content (AvgIpc) is 2.49. The van der Waals surface area contributed by atoms with Crippen LogP contribution in [0.1, 0.15) is 25.8 Å². The average molecular weight is 332 g/mol. The number of hydrogen-bond donors (Lipinski definition) is 2. The maximum Gasteiger partial charge on any atom is 0.416 e. The lowest BCUT2D eigenvalue weighted by Crippen LogP contribution is -2.49. The monoisotopic (exact) mass is 332 g/mol. The summed E-state index contributed by atoms with van der Waals surface area (Å²) in [4.78, 5) is 23.1. The van der Waals surface area contributed by atoms with Crippen molar-refractivity contribution in [1.82, 2.24) is 5.32 Å². The Morgan fingerprint density at radius 3 is 2.26 bits per heavy atom. The summed E-state index contributed by atoms with van der Waals surface area (Å²) in [5.41, 5.74) is 4.42. The van der Waals surface area contributed by atoms with Gasteiger partial charge in [0.25, 0.3) is 5.91 Å². The molecule has 8 heteroatoms. The van der Waals surface area contributed by atoms with Gasteiger partial charge < -0.3 is 15.8 Å². The highest BCUT2D eigenvalue weighted by molar-refractivity contribution is 5.87. The number of amides is 2. The lowest BCUT2D eigenvalue weighted by molar-refractivity contribution is -0.137. The normalized spacial score (nSPS) is 14.0. The molecule has 0 spiro atoms. The van der Waals surface area contributed by atoms with Gasteiger partial charge in [-0.15, -0.1) is 0 Å². The predicted octanol–water partition coefficient (Wildman–Crippen LogP) is 2.10. The Morgan fingerprint density at radius 1 is 1.26 bits per heavy atom. The van der Waals surface area contributed by atoms with Gasteiger partial charge >= 0.3 is 6.18 Å². The number of rotatable bonds is 7. The largest absolute Gasteiger partial charge is 0.484 e. The molecular weight excluding hydrogens is 313 g/mol. The third-order valence-corrected chi connectivity index (χ3v) is 3.39. The number of carbonyl (C=O) groups is 2. The fraction of sp³-hybridized carbons (Fsp3) is 0.467. The van der Waals surface area contributed by atoms with Crippen molar-refractivity contribution in [2.24, 2.45) is 11.7 Å². The Balaban J connectivity index is 2.57. The third-order valence-electron chi connectivity index (χ3n) is 3.39. The van der Waals surface area contributed by atoms with Gasteiger partial charge in [0, 0.05) is 0 Å². The lowest BCUT2D eigenvalue weighted by atomic mass is 9.99.